The van der Waals surface area contributed by atoms with E-state index in [4.69, 9.17) is 10.5 Å². The smallest absolute Gasteiger partial charge is 0.244 e. The van der Waals surface area contributed by atoms with Crippen LogP contribution in [0.4, 0.5) is 5.69 Å². The molecule has 1 aliphatic carbocycles. The monoisotopic (exact) mass is 310 g/mol. The summed E-state index contributed by atoms with van der Waals surface area (Å²) in [5.41, 5.74) is 7.77. The molecule has 0 radical (unpaired) electrons. The lowest BCUT2D eigenvalue weighted by Gasteiger charge is -2.16. The van der Waals surface area contributed by atoms with Gasteiger partial charge in [-0.05, 0) is 49.6 Å². The molecule has 0 aliphatic heterocycles. The Morgan fingerprint density at radius 1 is 1.39 bits per heavy atom. The van der Waals surface area contributed by atoms with Gasteiger partial charge in [-0.3, -0.25) is 9.78 Å². The molecule has 0 spiro atoms. The van der Waals surface area contributed by atoms with Crippen LogP contribution in [0, 0.1) is 6.92 Å². The van der Waals surface area contributed by atoms with Gasteiger partial charge < -0.3 is 15.8 Å². The minimum absolute atomic E-state index is 0.193. The average molecular weight is 310 g/mol. The summed E-state index contributed by atoms with van der Waals surface area (Å²) in [4.78, 5) is 20.1. The number of carbonyl (C=O) groups excluding carboxylic acids is 1. The van der Waals surface area contributed by atoms with Crippen molar-refractivity contribution in [1.29, 1.82) is 0 Å². The number of nitrogens with one attached hydrogen (secondary N) is 1. The highest BCUT2D eigenvalue weighted by atomic mass is 16.5. The number of nitrogens with zero attached hydrogens (tertiary/aromatic N) is 2. The van der Waals surface area contributed by atoms with Crippen molar-refractivity contribution < 1.29 is 9.53 Å². The third-order valence-electron chi connectivity index (χ3n) is 3.75. The molecular weight excluding hydrogens is 292 g/mol. The van der Waals surface area contributed by atoms with Crippen molar-refractivity contribution in [1.82, 2.24) is 15.3 Å². The predicted octanol–water partition coefficient (Wildman–Crippen LogP) is 2.45. The van der Waals surface area contributed by atoms with Crippen LogP contribution >= 0.6 is 0 Å². The first kappa shape index (κ1) is 15.0. The number of carbonyl (C=O) groups is 1. The second-order valence-corrected chi connectivity index (χ2v) is 5.66. The van der Waals surface area contributed by atoms with E-state index < -0.39 is 0 Å². The number of amides is 1. The molecule has 1 amide bonds. The fraction of sp³-hybridized carbons (Fsp3) is 0.235. The van der Waals surface area contributed by atoms with Gasteiger partial charge >= 0.3 is 0 Å². The summed E-state index contributed by atoms with van der Waals surface area (Å²) < 4.78 is 5.65. The third-order valence-corrected chi connectivity index (χ3v) is 3.75. The van der Waals surface area contributed by atoms with E-state index in [1.807, 2.05) is 13.0 Å². The summed E-state index contributed by atoms with van der Waals surface area (Å²) in [6, 6.07) is 5.44. The minimum Gasteiger partial charge on any atom is -0.435 e. The summed E-state index contributed by atoms with van der Waals surface area (Å²) in [6.07, 6.45) is 6.30. The van der Waals surface area contributed by atoms with Crippen LogP contribution in [0.1, 0.15) is 24.1 Å². The lowest BCUT2D eigenvalue weighted by atomic mass is 10.1. The molecule has 118 valence electrons. The van der Waals surface area contributed by atoms with Gasteiger partial charge in [0.25, 0.3) is 0 Å². The molecule has 0 atom stereocenters. The van der Waals surface area contributed by atoms with Gasteiger partial charge in [-0.15, -0.1) is 0 Å². The number of aromatic nitrogens is 2. The highest BCUT2D eigenvalue weighted by Gasteiger charge is 2.46. The molecule has 1 aliphatic rings. The first-order valence-corrected chi connectivity index (χ1v) is 7.33. The summed E-state index contributed by atoms with van der Waals surface area (Å²) in [6.45, 7) is 5.38. The molecule has 1 saturated carbocycles. The van der Waals surface area contributed by atoms with E-state index in [1.54, 1.807) is 24.5 Å². The average Bonchev–Trinajstić information content (AvgIpc) is 3.31. The maximum absolute atomic E-state index is 11.5. The molecule has 2 aromatic rings. The number of rotatable bonds is 5. The van der Waals surface area contributed by atoms with Gasteiger partial charge in [-0.2, -0.15) is 0 Å². The van der Waals surface area contributed by atoms with Crippen LogP contribution in [0.25, 0.3) is 0 Å². The fourth-order valence-corrected chi connectivity index (χ4v) is 2.36. The first-order chi connectivity index (χ1) is 11.0. The van der Waals surface area contributed by atoms with Gasteiger partial charge in [0.2, 0.25) is 11.8 Å². The predicted molar refractivity (Wildman–Crippen MR) is 86.9 cm³/mol. The van der Waals surface area contributed by atoms with Gasteiger partial charge in [0, 0.05) is 6.20 Å². The highest BCUT2D eigenvalue weighted by Crippen LogP contribution is 2.44. The van der Waals surface area contributed by atoms with E-state index in [1.165, 1.54) is 6.08 Å². The van der Waals surface area contributed by atoms with Gasteiger partial charge in [0.1, 0.15) is 5.75 Å². The number of anilines is 1. The standard InChI is InChI=1S/C17H18N4O2/c1-3-15(22)21-17(6-7-17)14-5-4-12(10-19-14)23-16-13(18)8-11(2)9-20-16/h3-5,8-10H,1,6-7,18H2,2H3,(H,21,22). The van der Waals surface area contributed by atoms with Gasteiger partial charge in [-0.1, -0.05) is 6.58 Å². The zero-order valence-electron chi connectivity index (χ0n) is 12.9. The first-order valence-electron chi connectivity index (χ1n) is 7.33. The third kappa shape index (κ3) is 3.15. The van der Waals surface area contributed by atoms with Crippen molar-refractivity contribution >= 4 is 11.6 Å². The molecule has 0 saturated heterocycles. The number of pyridine rings is 2. The van der Waals surface area contributed by atoms with Crippen LogP contribution in [-0.4, -0.2) is 15.9 Å². The molecule has 0 unspecified atom stereocenters. The van der Waals surface area contributed by atoms with Crippen LogP contribution in [0.5, 0.6) is 11.6 Å². The Balaban J connectivity index is 1.75. The molecule has 3 N–H and O–H groups in total. The van der Waals surface area contributed by atoms with Crippen LogP contribution in [0.3, 0.4) is 0 Å². The van der Waals surface area contributed by atoms with E-state index >= 15 is 0 Å². The van der Waals surface area contributed by atoms with E-state index in [0.717, 1.165) is 24.1 Å². The highest BCUT2D eigenvalue weighted by molar-refractivity contribution is 5.87. The number of hydrogen-bond acceptors (Lipinski definition) is 5. The molecule has 6 nitrogen and oxygen atoms in total. The van der Waals surface area contributed by atoms with E-state index in [0.29, 0.717) is 17.3 Å². The van der Waals surface area contributed by atoms with Gasteiger partial charge in [0.05, 0.1) is 23.1 Å². The van der Waals surface area contributed by atoms with Gasteiger partial charge in [-0.25, -0.2) is 4.98 Å². The number of ether oxygens (including phenoxy) is 1. The Morgan fingerprint density at radius 2 is 2.17 bits per heavy atom. The maximum Gasteiger partial charge on any atom is 0.244 e. The Labute approximate surface area is 134 Å². The number of hydrogen-bond donors (Lipinski definition) is 2. The van der Waals surface area contributed by atoms with Crippen molar-refractivity contribution in [2.45, 2.75) is 25.3 Å². The van der Waals surface area contributed by atoms with E-state index in [9.17, 15) is 4.79 Å². The zero-order chi connectivity index (χ0) is 16.4. The summed E-state index contributed by atoms with van der Waals surface area (Å²) >= 11 is 0. The Morgan fingerprint density at radius 3 is 2.74 bits per heavy atom. The molecular formula is C17H18N4O2. The largest absolute Gasteiger partial charge is 0.435 e. The van der Waals surface area contributed by atoms with Crippen molar-refractivity contribution in [3.63, 3.8) is 0 Å². The zero-order valence-corrected chi connectivity index (χ0v) is 12.9. The van der Waals surface area contributed by atoms with Crippen LogP contribution in [0.2, 0.25) is 0 Å². The van der Waals surface area contributed by atoms with Crippen LogP contribution in [0.15, 0.2) is 43.2 Å². The molecule has 0 aromatic carbocycles. The quantitative estimate of drug-likeness (QED) is 0.828. The Bertz CT molecular complexity index is 752. The molecule has 6 heteroatoms. The Kier molecular flexibility index (Phi) is 3.73. The molecule has 2 aromatic heterocycles. The van der Waals surface area contributed by atoms with Crippen molar-refractivity contribution in [2.24, 2.45) is 0 Å². The number of nitrogen functional groups attached to an aromatic ring is 1. The van der Waals surface area contributed by atoms with E-state index in [2.05, 4.69) is 21.9 Å². The summed E-state index contributed by atoms with van der Waals surface area (Å²) in [7, 11) is 0. The normalized spacial score (nSPS) is 14.8. The molecule has 3 rings (SSSR count). The van der Waals surface area contributed by atoms with Crippen molar-refractivity contribution in [2.75, 3.05) is 5.73 Å². The number of aryl methyl sites for hydroxylation is 1. The summed E-state index contributed by atoms with van der Waals surface area (Å²) in [5, 5.41) is 2.93. The summed E-state index contributed by atoms with van der Waals surface area (Å²) in [5.74, 6) is 0.704. The second kappa shape index (κ2) is 5.72. The lowest BCUT2D eigenvalue weighted by molar-refractivity contribution is -0.117. The second-order valence-electron chi connectivity index (χ2n) is 5.66. The molecule has 0 bridgehead atoms. The number of nitrogens with two attached hydrogens (primary N) is 1. The molecule has 1 fully saturated rings. The maximum atomic E-state index is 11.5. The van der Waals surface area contributed by atoms with Crippen molar-refractivity contribution in [3.8, 4) is 11.6 Å². The molecule has 2 heterocycles. The van der Waals surface area contributed by atoms with Crippen LogP contribution in [-0.2, 0) is 10.3 Å². The SMILES string of the molecule is C=CC(=O)NC1(c2ccc(Oc3ncc(C)cc3N)cn2)CC1. The van der Waals surface area contributed by atoms with E-state index in [-0.39, 0.29) is 11.4 Å². The van der Waals surface area contributed by atoms with Crippen LogP contribution < -0.4 is 15.8 Å². The van der Waals surface area contributed by atoms with Gasteiger partial charge in [0.15, 0.2) is 0 Å². The lowest BCUT2D eigenvalue weighted by Crippen LogP contribution is -2.34. The Hall–Kier alpha value is -2.89. The molecule has 23 heavy (non-hydrogen) atoms. The topological polar surface area (TPSA) is 90.1 Å². The van der Waals surface area contributed by atoms with Crippen molar-refractivity contribution in [3.05, 3.63) is 54.5 Å². The minimum atomic E-state index is -0.370. The fourth-order valence-electron chi connectivity index (χ4n) is 2.36.